The number of aromatic nitrogens is 1. The van der Waals surface area contributed by atoms with Gasteiger partial charge >= 0.3 is 0 Å². The first kappa shape index (κ1) is 23.6. The number of carbonyl (C=O) groups excluding carboxylic acids is 1. The molecule has 2 aliphatic heterocycles. The van der Waals surface area contributed by atoms with Crippen LogP contribution in [0.4, 0.5) is 10.1 Å². The number of anilines is 1. The number of rotatable bonds is 6. The fraction of sp³-hybridized carbons (Fsp3) is 0.478. The number of para-hydroxylation sites is 1. The number of nitrogens with zero attached hydrogens (tertiary/aromatic N) is 3. The normalized spacial score (nSPS) is 21.2. The van der Waals surface area contributed by atoms with Gasteiger partial charge in [-0.3, -0.25) is 9.78 Å². The largest absolute Gasteiger partial charge is 0.381 e. The van der Waals surface area contributed by atoms with Crippen molar-refractivity contribution < 1.29 is 18.7 Å². The molecule has 0 aliphatic carbocycles. The maximum Gasteiger partial charge on any atom is 0.258 e. The van der Waals surface area contributed by atoms with Crippen LogP contribution in [0.25, 0.3) is 0 Å². The fourth-order valence-electron chi connectivity index (χ4n) is 4.34. The maximum absolute atomic E-state index is 14.5. The Balaban J connectivity index is 0.00000272. The van der Waals surface area contributed by atoms with E-state index < -0.39 is 17.5 Å². The second kappa shape index (κ2) is 10.5. The Morgan fingerprint density at radius 2 is 1.94 bits per heavy atom. The van der Waals surface area contributed by atoms with Crippen molar-refractivity contribution in [2.75, 3.05) is 44.8 Å². The van der Waals surface area contributed by atoms with Gasteiger partial charge in [-0.25, -0.2) is 4.39 Å². The van der Waals surface area contributed by atoms with E-state index in [4.69, 9.17) is 9.47 Å². The van der Waals surface area contributed by atoms with Crippen LogP contribution in [0.15, 0.2) is 48.7 Å². The Kier molecular flexibility index (Phi) is 8.00. The molecule has 8 heteroatoms. The van der Waals surface area contributed by atoms with Crippen molar-refractivity contribution in [3.05, 3.63) is 60.2 Å². The number of likely N-dealkylation sites (tertiary alicyclic amines) is 1. The van der Waals surface area contributed by atoms with Gasteiger partial charge in [0.25, 0.3) is 5.91 Å². The van der Waals surface area contributed by atoms with Crippen molar-refractivity contribution in [1.82, 2.24) is 9.88 Å². The number of morpholine rings is 1. The molecule has 2 saturated heterocycles. The molecule has 0 N–H and O–H groups in total. The molecule has 1 unspecified atom stereocenters. The summed E-state index contributed by atoms with van der Waals surface area (Å²) in [5, 5.41) is 0. The molecular weight excluding hydrogens is 421 g/mol. The third-order valence-corrected chi connectivity index (χ3v) is 6.02. The standard InChI is InChI=1S/C23H28FN3O3.ClH/c1-29-16-21-22(28)27(20-8-3-2-7-19(20)24)17-23(30-21)10-14-26(15-11-23)13-9-18-6-4-5-12-25-18;/h2-8,12,21H,9-11,13-17H2,1H3;1H. The summed E-state index contributed by atoms with van der Waals surface area (Å²) in [6, 6.07) is 12.4. The predicted octanol–water partition coefficient (Wildman–Crippen LogP) is 3.10. The van der Waals surface area contributed by atoms with Gasteiger partial charge in [0.15, 0.2) is 6.10 Å². The summed E-state index contributed by atoms with van der Waals surface area (Å²) in [5.41, 5.74) is 0.910. The predicted molar refractivity (Wildman–Crippen MR) is 119 cm³/mol. The summed E-state index contributed by atoms with van der Waals surface area (Å²) < 4.78 is 26.0. The fourth-order valence-corrected chi connectivity index (χ4v) is 4.34. The molecule has 0 saturated carbocycles. The molecule has 2 fully saturated rings. The van der Waals surface area contributed by atoms with Gasteiger partial charge in [-0.2, -0.15) is 0 Å². The summed E-state index contributed by atoms with van der Waals surface area (Å²) in [7, 11) is 1.55. The van der Waals surface area contributed by atoms with Gasteiger partial charge in [0.1, 0.15) is 5.82 Å². The number of carbonyl (C=O) groups is 1. The van der Waals surface area contributed by atoms with Gasteiger partial charge < -0.3 is 19.3 Å². The van der Waals surface area contributed by atoms with E-state index in [-0.39, 0.29) is 24.9 Å². The molecule has 6 nitrogen and oxygen atoms in total. The van der Waals surface area contributed by atoms with Crippen molar-refractivity contribution in [3.8, 4) is 0 Å². The van der Waals surface area contributed by atoms with Crippen LogP contribution in [0.5, 0.6) is 0 Å². The van der Waals surface area contributed by atoms with E-state index in [0.29, 0.717) is 12.2 Å². The lowest BCUT2D eigenvalue weighted by Crippen LogP contribution is -2.63. The van der Waals surface area contributed by atoms with Crippen LogP contribution in [0.3, 0.4) is 0 Å². The molecule has 2 aromatic rings. The highest BCUT2D eigenvalue weighted by atomic mass is 35.5. The number of piperidine rings is 1. The van der Waals surface area contributed by atoms with Crippen molar-refractivity contribution >= 4 is 24.0 Å². The average Bonchev–Trinajstić information content (AvgIpc) is 2.77. The molecule has 1 aromatic carbocycles. The summed E-state index contributed by atoms with van der Waals surface area (Å²) in [5.74, 6) is -0.642. The van der Waals surface area contributed by atoms with Crippen LogP contribution in [0.1, 0.15) is 18.5 Å². The van der Waals surface area contributed by atoms with Crippen LogP contribution >= 0.6 is 12.4 Å². The Bertz CT molecular complexity index is 862. The molecule has 0 bridgehead atoms. The summed E-state index contributed by atoms with van der Waals surface area (Å²) in [6.07, 6.45) is 3.58. The first-order valence-corrected chi connectivity index (χ1v) is 10.5. The first-order valence-electron chi connectivity index (χ1n) is 10.5. The highest BCUT2D eigenvalue weighted by Crippen LogP contribution is 2.36. The van der Waals surface area contributed by atoms with Gasteiger partial charge in [-0.05, 0) is 37.1 Å². The van der Waals surface area contributed by atoms with Gasteiger partial charge in [-0.1, -0.05) is 18.2 Å². The lowest BCUT2D eigenvalue weighted by molar-refractivity contribution is -0.172. The minimum atomic E-state index is -0.719. The van der Waals surface area contributed by atoms with Crippen molar-refractivity contribution in [2.24, 2.45) is 0 Å². The van der Waals surface area contributed by atoms with Gasteiger partial charge in [-0.15, -0.1) is 12.4 Å². The molecule has 2 aliphatic rings. The maximum atomic E-state index is 14.5. The van der Waals surface area contributed by atoms with Crippen molar-refractivity contribution in [1.29, 1.82) is 0 Å². The van der Waals surface area contributed by atoms with E-state index in [1.807, 2.05) is 24.4 Å². The van der Waals surface area contributed by atoms with Crippen LogP contribution in [0, 0.1) is 5.82 Å². The second-order valence-corrected chi connectivity index (χ2v) is 8.03. The molecule has 4 rings (SSSR count). The van der Waals surface area contributed by atoms with Gasteiger partial charge in [0.05, 0.1) is 24.4 Å². The zero-order valence-electron chi connectivity index (χ0n) is 17.7. The van der Waals surface area contributed by atoms with E-state index in [9.17, 15) is 9.18 Å². The number of methoxy groups -OCH3 is 1. The Morgan fingerprint density at radius 1 is 1.19 bits per heavy atom. The van der Waals surface area contributed by atoms with Crippen LogP contribution < -0.4 is 4.90 Å². The van der Waals surface area contributed by atoms with Crippen LogP contribution in [-0.2, 0) is 20.7 Å². The third kappa shape index (κ3) is 5.41. The Morgan fingerprint density at radius 3 is 2.61 bits per heavy atom. The lowest BCUT2D eigenvalue weighted by atomic mass is 9.88. The third-order valence-electron chi connectivity index (χ3n) is 6.02. The minimum Gasteiger partial charge on any atom is -0.381 e. The zero-order valence-corrected chi connectivity index (χ0v) is 18.5. The van der Waals surface area contributed by atoms with Crippen LogP contribution in [-0.4, -0.2) is 67.4 Å². The number of ether oxygens (including phenoxy) is 2. The molecule has 1 atom stereocenters. The number of pyridine rings is 1. The Labute approximate surface area is 188 Å². The molecule has 1 amide bonds. The quantitative estimate of drug-likeness (QED) is 0.678. The Hall–Kier alpha value is -2.06. The molecule has 31 heavy (non-hydrogen) atoms. The molecule has 3 heterocycles. The number of hydrogen-bond acceptors (Lipinski definition) is 5. The van der Waals surface area contributed by atoms with Gasteiger partial charge in [0.2, 0.25) is 0 Å². The average molecular weight is 450 g/mol. The van der Waals surface area contributed by atoms with E-state index in [1.54, 1.807) is 30.2 Å². The molecule has 0 radical (unpaired) electrons. The van der Waals surface area contributed by atoms with E-state index in [2.05, 4.69) is 9.88 Å². The number of halogens is 2. The second-order valence-electron chi connectivity index (χ2n) is 8.03. The minimum absolute atomic E-state index is 0. The monoisotopic (exact) mass is 449 g/mol. The lowest BCUT2D eigenvalue weighted by Gasteiger charge is -2.49. The van der Waals surface area contributed by atoms with E-state index in [0.717, 1.165) is 44.6 Å². The summed E-state index contributed by atoms with van der Waals surface area (Å²) in [4.78, 5) is 21.3. The number of hydrogen-bond donors (Lipinski definition) is 0. The topological polar surface area (TPSA) is 54.9 Å². The number of benzene rings is 1. The first-order chi connectivity index (χ1) is 14.6. The van der Waals surface area contributed by atoms with Gasteiger partial charge in [0, 0.05) is 45.1 Å². The van der Waals surface area contributed by atoms with Crippen molar-refractivity contribution in [2.45, 2.75) is 31.0 Å². The summed E-state index contributed by atoms with van der Waals surface area (Å²) >= 11 is 0. The zero-order chi connectivity index (χ0) is 21.0. The summed E-state index contributed by atoms with van der Waals surface area (Å²) in [6.45, 7) is 3.19. The molecular formula is C23H29ClFN3O3. The van der Waals surface area contributed by atoms with E-state index in [1.165, 1.54) is 6.07 Å². The van der Waals surface area contributed by atoms with E-state index >= 15 is 0 Å². The van der Waals surface area contributed by atoms with Crippen LogP contribution in [0.2, 0.25) is 0 Å². The molecule has 168 valence electrons. The molecule has 1 spiro atoms. The number of amides is 1. The molecule has 1 aromatic heterocycles. The highest BCUT2D eigenvalue weighted by molar-refractivity contribution is 5.97. The highest BCUT2D eigenvalue weighted by Gasteiger charge is 2.47. The van der Waals surface area contributed by atoms with Crippen molar-refractivity contribution in [3.63, 3.8) is 0 Å². The smallest absolute Gasteiger partial charge is 0.258 e. The SMILES string of the molecule is COCC1OC2(CCN(CCc3ccccn3)CC2)CN(c2ccccc2F)C1=O.Cl.